The highest BCUT2D eigenvalue weighted by Gasteiger charge is 2.24. The van der Waals surface area contributed by atoms with Crippen molar-refractivity contribution in [3.05, 3.63) is 35.0 Å². The molecule has 8 heteroatoms. The van der Waals surface area contributed by atoms with Gasteiger partial charge in [0.1, 0.15) is 11.6 Å². The van der Waals surface area contributed by atoms with Gasteiger partial charge in [-0.25, -0.2) is 4.98 Å². The molecule has 1 aliphatic rings. The van der Waals surface area contributed by atoms with Gasteiger partial charge in [0.15, 0.2) is 0 Å². The lowest BCUT2D eigenvalue weighted by molar-refractivity contribution is -0.119. The zero-order chi connectivity index (χ0) is 19.4. The Bertz CT molecular complexity index is 830. The minimum Gasteiger partial charge on any atom is -0.506 e. The van der Waals surface area contributed by atoms with E-state index in [1.54, 1.807) is 12.1 Å². The maximum atomic E-state index is 11.3. The Morgan fingerprint density at radius 1 is 1.37 bits per heavy atom. The third-order valence-electron chi connectivity index (χ3n) is 4.40. The molecule has 144 valence electrons. The molecule has 2 aromatic rings. The van der Waals surface area contributed by atoms with Gasteiger partial charge < -0.3 is 20.6 Å². The van der Waals surface area contributed by atoms with Gasteiger partial charge in [-0.15, -0.1) is 0 Å². The van der Waals surface area contributed by atoms with Gasteiger partial charge >= 0.3 is 0 Å². The molecular formula is C19H24ClN5O2. The van der Waals surface area contributed by atoms with E-state index in [0.717, 1.165) is 43.9 Å². The van der Waals surface area contributed by atoms with Crippen LogP contribution in [0.5, 0.6) is 5.75 Å². The molecule has 0 aliphatic carbocycles. The first-order valence-electron chi connectivity index (χ1n) is 9.10. The zero-order valence-electron chi connectivity index (χ0n) is 15.5. The van der Waals surface area contributed by atoms with Crippen molar-refractivity contribution in [2.24, 2.45) is 0 Å². The number of carbonyl (C=O) groups excluding carboxylic acids is 1. The number of nitrogens with one attached hydrogen (secondary N) is 2. The van der Waals surface area contributed by atoms with E-state index in [1.807, 2.05) is 6.07 Å². The Hall–Kier alpha value is -2.54. The predicted molar refractivity (Wildman–Crippen MR) is 107 cm³/mol. The van der Waals surface area contributed by atoms with Gasteiger partial charge in [-0.05, 0) is 31.0 Å². The van der Waals surface area contributed by atoms with Crippen LogP contribution in [0.1, 0.15) is 32.4 Å². The van der Waals surface area contributed by atoms with E-state index in [2.05, 4.69) is 32.4 Å². The van der Waals surface area contributed by atoms with Crippen molar-refractivity contribution >= 4 is 35.0 Å². The number of aromatic hydroxyl groups is 1. The van der Waals surface area contributed by atoms with Crippen molar-refractivity contribution in [1.29, 1.82) is 0 Å². The van der Waals surface area contributed by atoms with Crippen LogP contribution in [0.25, 0.3) is 0 Å². The summed E-state index contributed by atoms with van der Waals surface area (Å²) in [6, 6.07) is 7.03. The summed E-state index contributed by atoms with van der Waals surface area (Å²) in [6.45, 7) is 5.21. The summed E-state index contributed by atoms with van der Waals surface area (Å²) in [4.78, 5) is 22.7. The Morgan fingerprint density at radius 2 is 2.19 bits per heavy atom. The molecule has 1 aromatic carbocycles. The molecule has 0 bridgehead atoms. The van der Waals surface area contributed by atoms with Crippen molar-refractivity contribution in [1.82, 2.24) is 15.3 Å². The summed E-state index contributed by atoms with van der Waals surface area (Å²) in [5.74, 6) is 1.35. The standard InChI is InChI=1S/C19H24ClN5O2/c1-3-4-13-10-18(25-8-7-15(11-25)21-12(2)26)24-19(22-13)23-14-5-6-17(27)16(20)9-14/h5-6,9-10,15,27H,3-4,7-8,11H2,1-2H3,(H,21,26)(H,22,23,24). The summed E-state index contributed by atoms with van der Waals surface area (Å²) in [5, 5.41) is 16.0. The Balaban J connectivity index is 1.82. The second-order valence-corrected chi connectivity index (χ2v) is 7.12. The molecule has 1 atom stereocenters. The van der Waals surface area contributed by atoms with Crippen LogP contribution in [0.4, 0.5) is 17.5 Å². The average Bonchev–Trinajstić information content (AvgIpc) is 3.06. The van der Waals surface area contributed by atoms with Crippen LogP contribution >= 0.6 is 11.6 Å². The third kappa shape index (κ3) is 5.01. The van der Waals surface area contributed by atoms with E-state index in [0.29, 0.717) is 11.6 Å². The van der Waals surface area contributed by atoms with Crippen LogP contribution in [0.3, 0.4) is 0 Å². The Morgan fingerprint density at radius 3 is 2.89 bits per heavy atom. The summed E-state index contributed by atoms with van der Waals surface area (Å²) < 4.78 is 0. The predicted octanol–water partition coefficient (Wildman–Crippen LogP) is 3.25. The number of rotatable bonds is 6. The van der Waals surface area contributed by atoms with E-state index < -0.39 is 0 Å². The fourth-order valence-corrected chi connectivity index (χ4v) is 3.35. The number of amides is 1. The second-order valence-electron chi connectivity index (χ2n) is 6.71. The van der Waals surface area contributed by atoms with Gasteiger partial charge in [0.2, 0.25) is 11.9 Å². The van der Waals surface area contributed by atoms with Crippen molar-refractivity contribution in [3.8, 4) is 5.75 Å². The Kier molecular flexibility index (Phi) is 6.01. The molecule has 1 fully saturated rings. The molecule has 7 nitrogen and oxygen atoms in total. The molecule has 27 heavy (non-hydrogen) atoms. The van der Waals surface area contributed by atoms with Crippen LogP contribution in [-0.4, -0.2) is 40.1 Å². The fourth-order valence-electron chi connectivity index (χ4n) is 3.17. The first kappa shape index (κ1) is 19.2. The largest absolute Gasteiger partial charge is 0.506 e. The van der Waals surface area contributed by atoms with E-state index in [-0.39, 0.29) is 22.7 Å². The van der Waals surface area contributed by atoms with Gasteiger partial charge in [0, 0.05) is 43.5 Å². The number of halogens is 1. The topological polar surface area (TPSA) is 90.4 Å². The summed E-state index contributed by atoms with van der Waals surface area (Å²) in [6.07, 6.45) is 2.72. The van der Waals surface area contributed by atoms with Gasteiger partial charge in [-0.1, -0.05) is 24.9 Å². The van der Waals surface area contributed by atoms with Crippen LogP contribution in [0.2, 0.25) is 5.02 Å². The number of benzene rings is 1. The number of hydrogen-bond donors (Lipinski definition) is 3. The molecule has 2 heterocycles. The number of nitrogens with zero attached hydrogens (tertiary/aromatic N) is 3. The van der Waals surface area contributed by atoms with Gasteiger partial charge in [0.25, 0.3) is 0 Å². The van der Waals surface area contributed by atoms with Crippen LogP contribution in [0, 0.1) is 0 Å². The molecule has 1 aliphatic heterocycles. The number of aryl methyl sites for hydroxylation is 1. The van der Waals surface area contributed by atoms with Crippen LogP contribution < -0.4 is 15.5 Å². The summed E-state index contributed by atoms with van der Waals surface area (Å²) >= 11 is 5.98. The SMILES string of the molecule is CCCc1cc(N2CCC(NC(C)=O)C2)nc(Nc2ccc(O)c(Cl)c2)n1. The first-order valence-corrected chi connectivity index (χ1v) is 9.48. The van der Waals surface area contributed by atoms with E-state index >= 15 is 0 Å². The monoisotopic (exact) mass is 389 g/mol. The molecule has 1 unspecified atom stereocenters. The summed E-state index contributed by atoms with van der Waals surface area (Å²) in [5.41, 5.74) is 1.66. The molecule has 0 saturated carbocycles. The third-order valence-corrected chi connectivity index (χ3v) is 4.70. The normalized spacial score (nSPS) is 16.4. The molecule has 3 rings (SSSR count). The Labute approximate surface area is 163 Å². The average molecular weight is 390 g/mol. The van der Waals surface area contributed by atoms with Gasteiger partial charge in [-0.2, -0.15) is 4.98 Å². The number of hydrogen-bond acceptors (Lipinski definition) is 6. The van der Waals surface area contributed by atoms with E-state index in [1.165, 1.54) is 13.0 Å². The number of anilines is 3. The highest BCUT2D eigenvalue weighted by Crippen LogP contribution is 2.28. The van der Waals surface area contributed by atoms with Crippen molar-refractivity contribution in [3.63, 3.8) is 0 Å². The van der Waals surface area contributed by atoms with E-state index in [4.69, 9.17) is 11.6 Å². The van der Waals surface area contributed by atoms with Gasteiger partial charge in [-0.3, -0.25) is 4.79 Å². The number of phenolic OH excluding ortho intramolecular Hbond substituents is 1. The molecule has 0 radical (unpaired) electrons. The maximum Gasteiger partial charge on any atom is 0.229 e. The molecule has 0 spiro atoms. The molecule has 1 saturated heterocycles. The lowest BCUT2D eigenvalue weighted by Crippen LogP contribution is -2.35. The summed E-state index contributed by atoms with van der Waals surface area (Å²) in [7, 11) is 0. The zero-order valence-corrected chi connectivity index (χ0v) is 16.3. The smallest absolute Gasteiger partial charge is 0.229 e. The van der Waals surface area contributed by atoms with Gasteiger partial charge in [0.05, 0.1) is 5.02 Å². The van der Waals surface area contributed by atoms with Crippen molar-refractivity contribution in [2.45, 2.75) is 39.2 Å². The second kappa shape index (κ2) is 8.43. The molecule has 3 N–H and O–H groups in total. The van der Waals surface area contributed by atoms with E-state index in [9.17, 15) is 9.90 Å². The number of carbonyl (C=O) groups is 1. The fraction of sp³-hybridized carbons (Fsp3) is 0.421. The minimum absolute atomic E-state index is 0.0113. The molecule has 1 aromatic heterocycles. The van der Waals surface area contributed by atoms with Crippen LogP contribution in [0.15, 0.2) is 24.3 Å². The maximum absolute atomic E-state index is 11.3. The molecular weight excluding hydrogens is 366 g/mol. The minimum atomic E-state index is -0.0113. The highest BCUT2D eigenvalue weighted by atomic mass is 35.5. The number of aromatic nitrogens is 2. The number of phenols is 1. The first-order chi connectivity index (χ1) is 12.9. The van der Waals surface area contributed by atoms with Crippen molar-refractivity contribution in [2.75, 3.05) is 23.3 Å². The lowest BCUT2D eigenvalue weighted by atomic mass is 10.2. The quantitative estimate of drug-likeness (QED) is 0.657. The lowest BCUT2D eigenvalue weighted by Gasteiger charge is -2.19. The van der Waals surface area contributed by atoms with Crippen molar-refractivity contribution < 1.29 is 9.90 Å². The highest BCUT2D eigenvalue weighted by molar-refractivity contribution is 6.32. The molecule has 1 amide bonds. The van der Waals surface area contributed by atoms with Crippen LogP contribution in [-0.2, 0) is 11.2 Å².